The molecule has 0 aliphatic rings. The Labute approximate surface area is 95.0 Å². The van der Waals surface area contributed by atoms with Crippen LogP contribution in [-0.4, -0.2) is 12.5 Å². The standard InChI is InChI=1S/C10H7FINO/c1-2-6-13-10(14)9-7(11)4-3-5-8(9)12/h1,3-5H,6H2,(H,13,14). The smallest absolute Gasteiger partial charge is 0.256 e. The second kappa shape index (κ2) is 4.96. The molecule has 1 N–H and O–H groups in total. The number of carbonyl (C=O) groups is 1. The summed E-state index contributed by atoms with van der Waals surface area (Å²) < 4.78 is 13.8. The SMILES string of the molecule is C#CCNC(=O)c1c(F)cccc1I. The number of rotatable bonds is 2. The van der Waals surface area contributed by atoms with Crippen LogP contribution < -0.4 is 5.32 Å². The number of terminal acetylenes is 1. The maximum absolute atomic E-state index is 13.2. The van der Waals surface area contributed by atoms with Crippen LogP contribution in [0.15, 0.2) is 18.2 Å². The summed E-state index contributed by atoms with van der Waals surface area (Å²) in [6, 6.07) is 4.45. The Morgan fingerprint density at radius 2 is 2.36 bits per heavy atom. The highest BCUT2D eigenvalue weighted by atomic mass is 127. The van der Waals surface area contributed by atoms with E-state index in [-0.39, 0.29) is 12.1 Å². The molecule has 0 atom stereocenters. The molecule has 0 bridgehead atoms. The predicted molar refractivity (Wildman–Crippen MR) is 60.3 cm³/mol. The predicted octanol–water partition coefficient (Wildman–Crippen LogP) is 1.79. The van der Waals surface area contributed by atoms with Crippen LogP contribution in [0.3, 0.4) is 0 Å². The first kappa shape index (κ1) is 11.0. The average Bonchev–Trinajstić information content (AvgIpc) is 2.14. The van der Waals surface area contributed by atoms with Crippen LogP contribution >= 0.6 is 22.6 Å². The van der Waals surface area contributed by atoms with E-state index in [1.54, 1.807) is 12.1 Å². The molecule has 0 spiro atoms. The topological polar surface area (TPSA) is 29.1 Å². The van der Waals surface area contributed by atoms with Gasteiger partial charge in [-0.15, -0.1) is 6.42 Å². The third kappa shape index (κ3) is 2.45. The Morgan fingerprint density at radius 3 is 2.93 bits per heavy atom. The lowest BCUT2D eigenvalue weighted by Crippen LogP contribution is -2.25. The van der Waals surface area contributed by atoms with Crippen molar-refractivity contribution in [1.82, 2.24) is 5.32 Å². The Bertz CT molecular complexity index is 377. The van der Waals surface area contributed by atoms with E-state index in [0.717, 1.165) is 0 Å². The van der Waals surface area contributed by atoms with Gasteiger partial charge in [0.2, 0.25) is 0 Å². The zero-order valence-corrected chi connectivity index (χ0v) is 9.34. The molecule has 72 valence electrons. The van der Waals surface area contributed by atoms with Crippen molar-refractivity contribution >= 4 is 28.5 Å². The molecule has 0 aliphatic carbocycles. The van der Waals surface area contributed by atoms with E-state index in [0.29, 0.717) is 3.57 Å². The summed E-state index contributed by atoms with van der Waals surface area (Å²) in [7, 11) is 0. The molecule has 0 saturated heterocycles. The van der Waals surface area contributed by atoms with E-state index in [1.807, 2.05) is 22.6 Å². The minimum Gasteiger partial charge on any atom is -0.341 e. The van der Waals surface area contributed by atoms with E-state index in [4.69, 9.17) is 6.42 Å². The van der Waals surface area contributed by atoms with Gasteiger partial charge in [-0.05, 0) is 34.7 Å². The lowest BCUT2D eigenvalue weighted by molar-refractivity contribution is 0.0954. The molecule has 1 rings (SSSR count). The zero-order valence-electron chi connectivity index (χ0n) is 7.18. The lowest BCUT2D eigenvalue weighted by Gasteiger charge is -2.04. The highest BCUT2D eigenvalue weighted by molar-refractivity contribution is 14.1. The maximum atomic E-state index is 13.2. The molecule has 0 aliphatic heterocycles. The van der Waals surface area contributed by atoms with Gasteiger partial charge in [0.15, 0.2) is 0 Å². The summed E-state index contributed by atoms with van der Waals surface area (Å²) in [6.07, 6.45) is 4.97. The van der Waals surface area contributed by atoms with Crippen LogP contribution in [0.25, 0.3) is 0 Å². The van der Waals surface area contributed by atoms with Gasteiger partial charge in [-0.3, -0.25) is 4.79 Å². The Balaban J connectivity index is 2.95. The minimum absolute atomic E-state index is 0.0448. The van der Waals surface area contributed by atoms with Crippen molar-refractivity contribution in [3.05, 3.63) is 33.1 Å². The van der Waals surface area contributed by atoms with Crippen molar-refractivity contribution in [2.24, 2.45) is 0 Å². The van der Waals surface area contributed by atoms with Crippen LogP contribution in [-0.2, 0) is 0 Å². The van der Waals surface area contributed by atoms with Crippen LogP contribution in [0.5, 0.6) is 0 Å². The number of amides is 1. The summed E-state index contributed by atoms with van der Waals surface area (Å²) >= 11 is 1.90. The number of carbonyl (C=O) groups excluding carboxylic acids is 1. The normalized spacial score (nSPS) is 9.21. The third-order valence-corrected chi connectivity index (χ3v) is 2.44. The highest BCUT2D eigenvalue weighted by Gasteiger charge is 2.13. The van der Waals surface area contributed by atoms with E-state index in [2.05, 4.69) is 11.2 Å². The van der Waals surface area contributed by atoms with Crippen molar-refractivity contribution in [3.8, 4) is 12.3 Å². The van der Waals surface area contributed by atoms with Gasteiger partial charge in [-0.1, -0.05) is 12.0 Å². The molecule has 1 aromatic carbocycles. The van der Waals surface area contributed by atoms with E-state index in [9.17, 15) is 9.18 Å². The van der Waals surface area contributed by atoms with Crippen molar-refractivity contribution in [3.63, 3.8) is 0 Å². The first-order chi connectivity index (χ1) is 6.66. The zero-order chi connectivity index (χ0) is 10.6. The van der Waals surface area contributed by atoms with Gasteiger partial charge in [0.05, 0.1) is 12.1 Å². The second-order valence-electron chi connectivity index (χ2n) is 2.48. The second-order valence-corrected chi connectivity index (χ2v) is 3.65. The lowest BCUT2D eigenvalue weighted by atomic mass is 10.2. The van der Waals surface area contributed by atoms with Gasteiger partial charge in [-0.2, -0.15) is 0 Å². The molecule has 2 nitrogen and oxygen atoms in total. The molecule has 14 heavy (non-hydrogen) atoms. The van der Waals surface area contributed by atoms with Crippen molar-refractivity contribution in [2.75, 3.05) is 6.54 Å². The first-order valence-electron chi connectivity index (χ1n) is 3.82. The van der Waals surface area contributed by atoms with Crippen LogP contribution in [0.1, 0.15) is 10.4 Å². The molecule has 0 heterocycles. The average molecular weight is 303 g/mol. The first-order valence-corrected chi connectivity index (χ1v) is 4.90. The highest BCUT2D eigenvalue weighted by Crippen LogP contribution is 2.15. The molecule has 4 heteroatoms. The van der Waals surface area contributed by atoms with Gasteiger partial charge in [0.25, 0.3) is 5.91 Å². The van der Waals surface area contributed by atoms with Crippen molar-refractivity contribution in [2.45, 2.75) is 0 Å². The molecule has 0 fully saturated rings. The monoisotopic (exact) mass is 303 g/mol. The molecule has 0 radical (unpaired) electrons. The fraction of sp³-hybridized carbons (Fsp3) is 0.100. The quantitative estimate of drug-likeness (QED) is 0.655. The summed E-state index contributed by atoms with van der Waals surface area (Å²) in [4.78, 5) is 11.4. The maximum Gasteiger partial charge on any atom is 0.256 e. The molecular formula is C10H7FINO. The fourth-order valence-electron chi connectivity index (χ4n) is 0.934. The largest absolute Gasteiger partial charge is 0.341 e. The Hall–Kier alpha value is -1.09. The summed E-state index contributed by atoms with van der Waals surface area (Å²) in [6.45, 7) is 0.100. The molecule has 1 amide bonds. The van der Waals surface area contributed by atoms with Crippen LogP contribution in [0, 0.1) is 21.7 Å². The Morgan fingerprint density at radius 1 is 1.64 bits per heavy atom. The van der Waals surface area contributed by atoms with Gasteiger partial charge in [0, 0.05) is 3.57 Å². The van der Waals surface area contributed by atoms with E-state index in [1.165, 1.54) is 6.07 Å². The summed E-state index contributed by atoms with van der Waals surface area (Å²) in [5, 5.41) is 2.41. The number of nitrogens with one attached hydrogen (secondary N) is 1. The van der Waals surface area contributed by atoms with Crippen LogP contribution in [0.4, 0.5) is 4.39 Å². The number of halogens is 2. The molecule has 0 saturated carbocycles. The van der Waals surface area contributed by atoms with E-state index < -0.39 is 11.7 Å². The van der Waals surface area contributed by atoms with Gasteiger partial charge in [0.1, 0.15) is 5.82 Å². The van der Waals surface area contributed by atoms with Crippen molar-refractivity contribution in [1.29, 1.82) is 0 Å². The number of benzene rings is 1. The van der Waals surface area contributed by atoms with Gasteiger partial charge < -0.3 is 5.32 Å². The Kier molecular flexibility index (Phi) is 3.89. The van der Waals surface area contributed by atoms with Gasteiger partial charge in [-0.25, -0.2) is 4.39 Å². The molecule has 1 aromatic rings. The molecule has 0 unspecified atom stereocenters. The summed E-state index contributed by atoms with van der Waals surface area (Å²) in [5.41, 5.74) is 0.0448. The summed E-state index contributed by atoms with van der Waals surface area (Å²) in [5.74, 6) is 1.23. The molecular weight excluding hydrogens is 296 g/mol. The minimum atomic E-state index is -0.536. The van der Waals surface area contributed by atoms with Crippen molar-refractivity contribution < 1.29 is 9.18 Å². The fourth-order valence-corrected chi connectivity index (χ4v) is 1.64. The van der Waals surface area contributed by atoms with Crippen LogP contribution in [0.2, 0.25) is 0 Å². The number of hydrogen-bond acceptors (Lipinski definition) is 1. The third-order valence-electron chi connectivity index (χ3n) is 1.54. The van der Waals surface area contributed by atoms with Gasteiger partial charge >= 0.3 is 0 Å². The van der Waals surface area contributed by atoms with E-state index >= 15 is 0 Å². The molecule has 0 aromatic heterocycles. The number of hydrogen-bond donors (Lipinski definition) is 1.